The van der Waals surface area contributed by atoms with Crippen LogP contribution in [0.3, 0.4) is 0 Å². The fraction of sp³-hybridized carbons (Fsp3) is 0.250. The van der Waals surface area contributed by atoms with Crippen molar-refractivity contribution in [2.45, 2.75) is 26.2 Å². The number of benzene rings is 1. The van der Waals surface area contributed by atoms with Crippen LogP contribution in [-0.4, -0.2) is 32.0 Å². The Bertz CT molecular complexity index is 1170. The molecule has 1 aromatic carbocycles. The van der Waals surface area contributed by atoms with E-state index in [-0.39, 0.29) is 11.8 Å². The number of pyridine rings is 1. The zero-order valence-electron chi connectivity index (χ0n) is 17.5. The van der Waals surface area contributed by atoms with E-state index in [1.165, 1.54) is 0 Å². The van der Waals surface area contributed by atoms with Crippen LogP contribution in [0.4, 0.5) is 0 Å². The highest BCUT2D eigenvalue weighted by Crippen LogP contribution is 2.30. The Morgan fingerprint density at radius 1 is 1.10 bits per heavy atom. The van der Waals surface area contributed by atoms with Crippen LogP contribution < -0.4 is 5.32 Å². The summed E-state index contributed by atoms with van der Waals surface area (Å²) in [5.41, 5.74) is 2.41. The van der Waals surface area contributed by atoms with E-state index in [0.29, 0.717) is 34.4 Å². The van der Waals surface area contributed by atoms with Crippen LogP contribution in [0, 0.1) is 5.92 Å². The lowest BCUT2D eigenvalue weighted by molar-refractivity contribution is 0.0951. The van der Waals surface area contributed by atoms with Gasteiger partial charge in [-0.15, -0.1) is 0 Å². The summed E-state index contributed by atoms with van der Waals surface area (Å²) >= 11 is 6.49. The van der Waals surface area contributed by atoms with Crippen LogP contribution in [0.5, 0.6) is 0 Å². The van der Waals surface area contributed by atoms with Crippen LogP contribution in [0.15, 0.2) is 67.4 Å². The summed E-state index contributed by atoms with van der Waals surface area (Å²) in [7, 11) is 0. The zero-order chi connectivity index (χ0) is 21.8. The van der Waals surface area contributed by atoms with E-state index in [1.807, 2.05) is 24.4 Å². The molecule has 0 fully saturated rings. The molecular weight excluding hydrogens is 410 g/mol. The fourth-order valence-electron chi connectivity index (χ4n) is 3.83. The van der Waals surface area contributed by atoms with Gasteiger partial charge in [0.2, 0.25) is 5.95 Å². The average Bonchev–Trinajstić information content (AvgIpc) is 3.18. The summed E-state index contributed by atoms with van der Waals surface area (Å²) < 4.78 is 1.79. The fourth-order valence-corrected chi connectivity index (χ4v) is 4.10. The number of carbonyl (C=O) groups is 1. The average molecular weight is 434 g/mol. The lowest BCUT2D eigenvalue weighted by Gasteiger charge is -2.19. The van der Waals surface area contributed by atoms with E-state index < -0.39 is 0 Å². The van der Waals surface area contributed by atoms with Gasteiger partial charge in [-0.3, -0.25) is 14.3 Å². The zero-order valence-corrected chi connectivity index (χ0v) is 18.3. The van der Waals surface area contributed by atoms with Gasteiger partial charge in [-0.25, -0.2) is 9.97 Å². The molecule has 31 heavy (non-hydrogen) atoms. The number of hydrogen-bond acceptors (Lipinski definition) is 4. The Labute approximate surface area is 186 Å². The molecule has 1 amide bonds. The van der Waals surface area contributed by atoms with Gasteiger partial charge < -0.3 is 5.32 Å². The first-order valence-corrected chi connectivity index (χ1v) is 10.7. The summed E-state index contributed by atoms with van der Waals surface area (Å²) in [5.74, 6) is 0.986. The smallest absolute Gasteiger partial charge is 0.253 e. The van der Waals surface area contributed by atoms with Gasteiger partial charge in [0, 0.05) is 48.8 Å². The molecule has 0 aliphatic carbocycles. The van der Waals surface area contributed by atoms with E-state index in [4.69, 9.17) is 11.6 Å². The van der Waals surface area contributed by atoms with Crippen molar-refractivity contribution in [2.24, 2.45) is 5.92 Å². The molecular formula is C24H24ClN5O. The number of amides is 1. The Morgan fingerprint density at radius 2 is 1.90 bits per heavy atom. The molecule has 3 aromatic heterocycles. The molecule has 0 radical (unpaired) electrons. The Balaban J connectivity index is 1.65. The van der Waals surface area contributed by atoms with Crippen molar-refractivity contribution < 1.29 is 4.79 Å². The third kappa shape index (κ3) is 4.59. The highest BCUT2D eigenvalue weighted by Gasteiger charge is 2.21. The van der Waals surface area contributed by atoms with Crippen LogP contribution in [0.1, 0.15) is 42.1 Å². The Hall–Kier alpha value is -3.25. The van der Waals surface area contributed by atoms with Gasteiger partial charge in [-0.1, -0.05) is 37.6 Å². The normalized spacial score (nSPS) is 12.3. The minimum absolute atomic E-state index is 0.176. The summed E-state index contributed by atoms with van der Waals surface area (Å²) in [6.07, 6.45) is 9.67. The maximum atomic E-state index is 13.2. The molecule has 6 nitrogen and oxygen atoms in total. The number of nitrogens with one attached hydrogen (secondary N) is 1. The summed E-state index contributed by atoms with van der Waals surface area (Å²) in [6, 6.07) is 11.3. The van der Waals surface area contributed by atoms with E-state index in [0.717, 1.165) is 17.5 Å². The molecule has 0 aliphatic rings. The predicted molar refractivity (Wildman–Crippen MR) is 123 cm³/mol. The monoisotopic (exact) mass is 433 g/mol. The second-order valence-electron chi connectivity index (χ2n) is 7.92. The predicted octanol–water partition coefficient (Wildman–Crippen LogP) is 5.03. The molecule has 0 saturated carbocycles. The molecule has 0 aliphatic heterocycles. The van der Waals surface area contributed by atoms with Crippen LogP contribution in [-0.2, 0) is 0 Å². The Kier molecular flexibility index (Phi) is 6.28. The molecule has 3 heterocycles. The Morgan fingerprint density at radius 3 is 2.61 bits per heavy atom. The molecule has 7 heteroatoms. The second-order valence-corrected chi connectivity index (χ2v) is 8.33. The number of fused-ring (bicyclic) bond motifs is 1. The van der Waals surface area contributed by atoms with Gasteiger partial charge >= 0.3 is 0 Å². The maximum Gasteiger partial charge on any atom is 0.253 e. The van der Waals surface area contributed by atoms with Gasteiger partial charge in [0.05, 0.1) is 16.1 Å². The lowest BCUT2D eigenvalue weighted by atomic mass is 9.91. The highest BCUT2D eigenvalue weighted by atomic mass is 35.5. The maximum absolute atomic E-state index is 13.2. The third-order valence-electron chi connectivity index (χ3n) is 5.21. The summed E-state index contributed by atoms with van der Waals surface area (Å²) in [5, 5.41) is 4.32. The standard InChI is InChI=1S/C24H24ClN5O/c1-16(2)12-18(17-6-4-9-26-13-17)14-29-23(31)19-15-30(24-27-10-5-11-28-24)21-8-3-7-20(25)22(19)21/h3-11,13,15-16,18H,12,14H2,1-2H3,(H,29,31). The van der Waals surface area contributed by atoms with Gasteiger partial charge in [-0.2, -0.15) is 0 Å². The van der Waals surface area contributed by atoms with Gasteiger partial charge in [0.15, 0.2) is 0 Å². The topological polar surface area (TPSA) is 72.7 Å². The van der Waals surface area contributed by atoms with Gasteiger partial charge in [0.25, 0.3) is 5.91 Å². The number of carbonyl (C=O) groups excluding carboxylic acids is 1. The first-order valence-electron chi connectivity index (χ1n) is 10.3. The molecule has 1 N–H and O–H groups in total. The van der Waals surface area contributed by atoms with Crippen LogP contribution in [0.2, 0.25) is 5.02 Å². The quantitative estimate of drug-likeness (QED) is 0.443. The number of rotatable bonds is 7. The van der Waals surface area contributed by atoms with Gasteiger partial charge in [0.1, 0.15) is 0 Å². The number of nitrogens with zero attached hydrogens (tertiary/aromatic N) is 4. The molecule has 0 bridgehead atoms. The van der Waals surface area contributed by atoms with Crippen LogP contribution in [0.25, 0.3) is 16.9 Å². The molecule has 4 rings (SSSR count). The number of aromatic nitrogens is 4. The molecule has 0 spiro atoms. The van der Waals surface area contributed by atoms with E-state index >= 15 is 0 Å². The SMILES string of the molecule is CC(C)CC(CNC(=O)c1cn(-c2ncccn2)c2cccc(Cl)c12)c1cccnc1. The van der Waals surface area contributed by atoms with Gasteiger partial charge in [-0.05, 0) is 42.2 Å². The molecule has 158 valence electrons. The molecule has 1 atom stereocenters. The number of hydrogen-bond donors (Lipinski definition) is 1. The summed E-state index contributed by atoms with van der Waals surface area (Å²) in [6.45, 7) is 4.87. The lowest BCUT2D eigenvalue weighted by Crippen LogP contribution is -2.29. The minimum atomic E-state index is -0.176. The molecule has 1 unspecified atom stereocenters. The molecule has 4 aromatic rings. The van der Waals surface area contributed by atoms with Crippen LogP contribution >= 0.6 is 11.6 Å². The first-order chi connectivity index (χ1) is 15.0. The van der Waals surface area contributed by atoms with E-state index in [1.54, 1.807) is 41.5 Å². The minimum Gasteiger partial charge on any atom is -0.351 e. The van der Waals surface area contributed by atoms with Crippen molar-refractivity contribution in [2.75, 3.05) is 6.54 Å². The molecule has 0 saturated heterocycles. The number of halogens is 1. The third-order valence-corrected chi connectivity index (χ3v) is 5.53. The van der Waals surface area contributed by atoms with Crippen molar-refractivity contribution in [3.05, 3.63) is 83.5 Å². The van der Waals surface area contributed by atoms with Crippen molar-refractivity contribution in [1.29, 1.82) is 0 Å². The van der Waals surface area contributed by atoms with E-state index in [9.17, 15) is 4.79 Å². The van der Waals surface area contributed by atoms with Crippen molar-refractivity contribution in [1.82, 2.24) is 24.8 Å². The highest BCUT2D eigenvalue weighted by molar-refractivity contribution is 6.37. The van der Waals surface area contributed by atoms with Crippen molar-refractivity contribution in [3.8, 4) is 5.95 Å². The van der Waals surface area contributed by atoms with E-state index in [2.05, 4.69) is 40.2 Å². The largest absolute Gasteiger partial charge is 0.351 e. The van der Waals surface area contributed by atoms with Crippen molar-refractivity contribution in [3.63, 3.8) is 0 Å². The van der Waals surface area contributed by atoms with Crippen molar-refractivity contribution >= 4 is 28.4 Å². The summed E-state index contributed by atoms with van der Waals surface area (Å²) in [4.78, 5) is 26.1. The first kappa shape index (κ1) is 21.0. The second kappa shape index (κ2) is 9.27.